The zero-order chi connectivity index (χ0) is 29.2. The molecule has 0 saturated carbocycles. The van der Waals surface area contributed by atoms with Crippen LogP contribution in [0.3, 0.4) is 0 Å². The molecule has 14 heteroatoms. The zero-order valence-electron chi connectivity index (χ0n) is 20.8. The predicted molar refractivity (Wildman–Crippen MR) is 130 cm³/mol. The van der Waals surface area contributed by atoms with Gasteiger partial charge in [0.1, 0.15) is 5.82 Å². The number of aldehydes is 1. The minimum atomic E-state index is -4.86. The van der Waals surface area contributed by atoms with E-state index in [4.69, 9.17) is 5.11 Å². The number of halogens is 6. The number of benzene rings is 1. The quantitative estimate of drug-likeness (QED) is 0.200. The Morgan fingerprint density at radius 3 is 2.28 bits per heavy atom. The van der Waals surface area contributed by atoms with Crippen LogP contribution >= 0.6 is 0 Å². The van der Waals surface area contributed by atoms with Crippen molar-refractivity contribution in [3.05, 3.63) is 75.3 Å². The van der Waals surface area contributed by atoms with E-state index in [1.54, 1.807) is 11.2 Å². The third-order valence-corrected chi connectivity index (χ3v) is 5.21. The van der Waals surface area contributed by atoms with Crippen LogP contribution in [0.25, 0.3) is 17.5 Å². The van der Waals surface area contributed by atoms with Gasteiger partial charge >= 0.3 is 6.18 Å². The van der Waals surface area contributed by atoms with E-state index in [1.807, 2.05) is 18.1 Å². The summed E-state index contributed by atoms with van der Waals surface area (Å²) >= 11 is 0. The normalized spacial score (nSPS) is 11.4. The molecule has 210 valence electrons. The number of nitrogens with one attached hydrogen (secondary N) is 1. The molecule has 2 aromatic heterocycles. The Labute approximate surface area is 219 Å². The molecule has 0 bridgehead atoms. The third kappa shape index (κ3) is 8.93. The maximum atomic E-state index is 14.3. The van der Waals surface area contributed by atoms with Gasteiger partial charge < -0.3 is 10.0 Å². The number of unbranched alkanes of at least 4 members (excludes halogenated alkanes) is 2. The average molecular weight is 557 g/mol. The van der Waals surface area contributed by atoms with Gasteiger partial charge in [0.05, 0.1) is 17.3 Å². The molecule has 2 heterocycles. The number of nitrogens with zero attached hydrogens (tertiary/aromatic N) is 4. The Bertz CT molecular complexity index is 1330. The van der Waals surface area contributed by atoms with Crippen molar-refractivity contribution in [1.82, 2.24) is 25.1 Å². The number of H-pyrrole nitrogens is 1. The SMILES string of the molecule is CCCCCN(C)/C=C\c1cc(-c2ncc(C(F)F)cn2)c(F)cc1C=O.O=c1[nH]ncc(O)c1C(F)(F)F. The molecule has 3 rings (SSSR count). The number of hydrogen-bond donors (Lipinski definition) is 2. The molecular formula is C25H25F6N5O3. The number of rotatable bonds is 9. The van der Waals surface area contributed by atoms with Gasteiger partial charge in [-0.2, -0.15) is 18.3 Å². The Balaban J connectivity index is 0.000000370. The number of alkyl halides is 5. The largest absolute Gasteiger partial charge is 0.505 e. The van der Waals surface area contributed by atoms with E-state index >= 15 is 0 Å². The van der Waals surface area contributed by atoms with Gasteiger partial charge in [0.15, 0.2) is 23.4 Å². The molecular weight excluding hydrogens is 532 g/mol. The maximum absolute atomic E-state index is 14.3. The summed E-state index contributed by atoms with van der Waals surface area (Å²) in [6, 6.07) is 2.55. The number of hydrogen-bond acceptors (Lipinski definition) is 7. The monoisotopic (exact) mass is 557 g/mol. The van der Waals surface area contributed by atoms with Crippen LogP contribution in [0, 0.1) is 5.82 Å². The van der Waals surface area contributed by atoms with Crippen molar-refractivity contribution in [2.75, 3.05) is 13.6 Å². The zero-order valence-corrected chi connectivity index (χ0v) is 20.8. The first kappa shape index (κ1) is 31.0. The second kappa shape index (κ2) is 14.1. The fraction of sp³-hybridized carbons (Fsp3) is 0.320. The third-order valence-electron chi connectivity index (χ3n) is 5.21. The predicted octanol–water partition coefficient (Wildman–Crippen LogP) is 5.62. The van der Waals surface area contributed by atoms with E-state index in [-0.39, 0.29) is 22.5 Å². The molecule has 0 unspecified atom stereocenters. The smallest absolute Gasteiger partial charge is 0.425 e. The van der Waals surface area contributed by atoms with E-state index in [1.165, 1.54) is 6.07 Å². The van der Waals surface area contributed by atoms with E-state index in [0.29, 0.717) is 18.0 Å². The van der Waals surface area contributed by atoms with Crippen LogP contribution in [0.4, 0.5) is 26.3 Å². The molecule has 0 amide bonds. The first-order valence-corrected chi connectivity index (χ1v) is 11.5. The lowest BCUT2D eigenvalue weighted by Crippen LogP contribution is -2.22. The highest BCUT2D eigenvalue weighted by Gasteiger charge is 2.37. The van der Waals surface area contributed by atoms with Crippen molar-refractivity contribution in [3.63, 3.8) is 0 Å². The Hall–Kier alpha value is -4.23. The average Bonchev–Trinajstić information content (AvgIpc) is 2.87. The van der Waals surface area contributed by atoms with E-state index < -0.39 is 35.3 Å². The highest BCUT2D eigenvalue weighted by atomic mass is 19.4. The summed E-state index contributed by atoms with van der Waals surface area (Å²) in [6.07, 6.45) is 2.32. The van der Waals surface area contributed by atoms with E-state index in [2.05, 4.69) is 22.0 Å². The summed E-state index contributed by atoms with van der Waals surface area (Å²) in [5.41, 5.74) is -2.67. The van der Waals surface area contributed by atoms with Gasteiger partial charge in [-0.15, -0.1) is 0 Å². The molecule has 0 fully saturated rings. The van der Waals surface area contributed by atoms with Gasteiger partial charge in [0, 0.05) is 31.5 Å². The van der Waals surface area contributed by atoms with Gasteiger partial charge in [-0.05, 0) is 36.4 Å². The Morgan fingerprint density at radius 1 is 1.10 bits per heavy atom. The van der Waals surface area contributed by atoms with Gasteiger partial charge in [-0.3, -0.25) is 9.59 Å². The summed E-state index contributed by atoms with van der Waals surface area (Å²) < 4.78 is 75.3. The fourth-order valence-corrected chi connectivity index (χ4v) is 3.17. The standard InChI is InChI=1S/C20H22F3N3O.C5H3F3N2O2/c1-3-4-5-7-26(2)8-6-14-9-17(18(21)10-15(14)13-27)20-24-11-16(12-25-20)19(22)23;6-5(7,8)3-2(11)1-9-10-4(3)12/h6,8-13,19H,3-5,7H2,1-2H3;1H,(H2,10,11,12)/b8-6-;. The molecule has 0 atom stereocenters. The molecule has 39 heavy (non-hydrogen) atoms. The van der Waals surface area contributed by atoms with Gasteiger partial charge in [-0.1, -0.05) is 19.8 Å². The lowest BCUT2D eigenvalue weighted by atomic mass is 10.0. The highest BCUT2D eigenvalue weighted by Crippen LogP contribution is 2.31. The topological polar surface area (TPSA) is 112 Å². The lowest BCUT2D eigenvalue weighted by Gasteiger charge is -2.13. The van der Waals surface area contributed by atoms with Crippen LogP contribution in [-0.2, 0) is 6.18 Å². The second-order valence-electron chi connectivity index (χ2n) is 8.18. The summed E-state index contributed by atoms with van der Waals surface area (Å²) in [7, 11) is 1.92. The van der Waals surface area contributed by atoms with Crippen molar-refractivity contribution < 1.29 is 36.2 Å². The Morgan fingerprint density at radius 2 is 1.77 bits per heavy atom. The van der Waals surface area contributed by atoms with Crippen molar-refractivity contribution in [2.24, 2.45) is 0 Å². The van der Waals surface area contributed by atoms with Crippen molar-refractivity contribution >= 4 is 12.4 Å². The molecule has 1 aromatic carbocycles. The summed E-state index contributed by atoms with van der Waals surface area (Å²) in [6.45, 7) is 3.00. The molecule has 0 aliphatic heterocycles. The molecule has 0 saturated heterocycles. The highest BCUT2D eigenvalue weighted by molar-refractivity contribution is 5.84. The van der Waals surface area contributed by atoms with Crippen molar-refractivity contribution in [3.8, 4) is 17.1 Å². The van der Waals surface area contributed by atoms with Gasteiger partial charge in [-0.25, -0.2) is 28.2 Å². The minimum Gasteiger partial charge on any atom is -0.505 e. The molecule has 3 aromatic rings. The molecule has 0 spiro atoms. The number of carbonyl (C=O) groups is 1. The number of carbonyl (C=O) groups excluding carboxylic acids is 1. The number of aromatic nitrogens is 4. The van der Waals surface area contributed by atoms with Crippen molar-refractivity contribution in [2.45, 2.75) is 38.8 Å². The Kier molecular flexibility index (Phi) is 11.2. The van der Waals surface area contributed by atoms with Crippen LogP contribution in [0.1, 0.15) is 59.7 Å². The van der Waals surface area contributed by atoms with Crippen LogP contribution in [-0.4, -0.2) is 50.1 Å². The van der Waals surface area contributed by atoms with Crippen LogP contribution < -0.4 is 5.56 Å². The first-order chi connectivity index (χ1) is 18.4. The fourth-order valence-electron chi connectivity index (χ4n) is 3.17. The first-order valence-electron chi connectivity index (χ1n) is 11.5. The minimum absolute atomic E-state index is 0.0136. The molecule has 0 aliphatic carbocycles. The lowest BCUT2D eigenvalue weighted by molar-refractivity contribution is -0.140. The molecule has 0 radical (unpaired) electrons. The van der Waals surface area contributed by atoms with Gasteiger partial charge in [0.25, 0.3) is 12.0 Å². The molecule has 8 nitrogen and oxygen atoms in total. The molecule has 0 aliphatic rings. The van der Waals surface area contributed by atoms with Gasteiger partial charge in [0.2, 0.25) is 0 Å². The van der Waals surface area contributed by atoms with Crippen LogP contribution in [0.2, 0.25) is 0 Å². The summed E-state index contributed by atoms with van der Waals surface area (Å²) in [5.74, 6) is -1.87. The summed E-state index contributed by atoms with van der Waals surface area (Å²) in [5, 5.41) is 13.2. The van der Waals surface area contributed by atoms with E-state index in [0.717, 1.165) is 44.3 Å². The van der Waals surface area contributed by atoms with Crippen LogP contribution in [0.5, 0.6) is 5.75 Å². The number of aromatic hydroxyl groups is 1. The second-order valence-corrected chi connectivity index (χ2v) is 8.18. The number of aromatic amines is 1. The van der Waals surface area contributed by atoms with Crippen LogP contribution in [0.15, 0.2) is 41.7 Å². The maximum Gasteiger partial charge on any atom is 0.425 e. The van der Waals surface area contributed by atoms with E-state index in [9.17, 15) is 35.9 Å². The van der Waals surface area contributed by atoms with Crippen molar-refractivity contribution in [1.29, 1.82) is 0 Å². The summed E-state index contributed by atoms with van der Waals surface area (Å²) in [4.78, 5) is 31.4. The molecule has 2 N–H and O–H groups in total.